The summed E-state index contributed by atoms with van der Waals surface area (Å²) in [5, 5.41) is 2.84. The Morgan fingerprint density at radius 3 is 2.38 bits per heavy atom. The van der Waals surface area contributed by atoms with Crippen molar-refractivity contribution >= 4 is 43.2 Å². The highest BCUT2D eigenvalue weighted by Gasteiger charge is 2.28. The fourth-order valence-corrected chi connectivity index (χ4v) is 4.87. The molecule has 1 aliphatic carbocycles. The van der Waals surface area contributed by atoms with E-state index in [1.54, 1.807) is 6.07 Å². The summed E-state index contributed by atoms with van der Waals surface area (Å²) < 4.78 is 28.1. The Bertz CT molecular complexity index is 987. The van der Waals surface area contributed by atoms with E-state index in [9.17, 15) is 13.2 Å². The number of halogens is 1. The lowest BCUT2D eigenvalue weighted by Crippen LogP contribution is -2.30. The fraction of sp³-hybridized carbons (Fsp3) is 0.381. The first-order chi connectivity index (χ1) is 13.7. The first-order valence-electron chi connectivity index (χ1n) is 9.71. The van der Waals surface area contributed by atoms with Crippen LogP contribution in [-0.4, -0.2) is 33.0 Å². The van der Waals surface area contributed by atoms with Crippen molar-refractivity contribution in [3.8, 4) is 0 Å². The van der Waals surface area contributed by atoms with Crippen LogP contribution in [0.2, 0.25) is 0 Å². The molecule has 2 aromatic rings. The highest BCUT2D eigenvalue weighted by molar-refractivity contribution is 9.10. The van der Waals surface area contributed by atoms with Gasteiger partial charge in [0.2, 0.25) is 10.0 Å². The van der Waals surface area contributed by atoms with Gasteiger partial charge in [0.1, 0.15) is 0 Å². The molecule has 0 radical (unpaired) electrons. The summed E-state index contributed by atoms with van der Waals surface area (Å²) in [6.07, 6.45) is 1.71. The topological polar surface area (TPSA) is 78.5 Å². The monoisotopic (exact) mass is 479 g/mol. The second-order valence-corrected chi connectivity index (χ2v) is 9.99. The summed E-state index contributed by atoms with van der Waals surface area (Å²) in [5.74, 6) is -0.371. The first-order valence-corrected chi connectivity index (χ1v) is 12.0. The van der Waals surface area contributed by atoms with Gasteiger partial charge >= 0.3 is 0 Å². The third-order valence-corrected chi connectivity index (χ3v) is 7.02. The summed E-state index contributed by atoms with van der Waals surface area (Å²) in [7, 11) is -3.63. The number of anilines is 2. The second-order valence-electron chi connectivity index (χ2n) is 7.42. The van der Waals surface area contributed by atoms with Gasteiger partial charge in [-0.25, -0.2) is 13.1 Å². The number of amides is 1. The number of benzene rings is 2. The third kappa shape index (κ3) is 5.38. The van der Waals surface area contributed by atoms with E-state index in [2.05, 4.69) is 51.6 Å². The van der Waals surface area contributed by atoms with E-state index in [0.717, 1.165) is 25.1 Å². The van der Waals surface area contributed by atoms with Gasteiger partial charge in [0.05, 0.1) is 10.5 Å². The Labute approximate surface area is 180 Å². The molecule has 1 saturated carbocycles. The average Bonchev–Trinajstić information content (AvgIpc) is 3.46. The van der Waals surface area contributed by atoms with Crippen LogP contribution >= 0.6 is 15.9 Å². The molecular formula is C21H26BrN3O3S. The molecule has 0 aliphatic heterocycles. The van der Waals surface area contributed by atoms with Gasteiger partial charge in [0, 0.05) is 34.5 Å². The van der Waals surface area contributed by atoms with Gasteiger partial charge in [0.15, 0.2) is 0 Å². The van der Waals surface area contributed by atoms with Crippen molar-refractivity contribution in [1.82, 2.24) is 4.72 Å². The summed E-state index contributed by atoms with van der Waals surface area (Å²) in [4.78, 5) is 15.1. The van der Waals surface area contributed by atoms with E-state index < -0.39 is 10.0 Å². The van der Waals surface area contributed by atoms with E-state index >= 15 is 0 Å². The van der Waals surface area contributed by atoms with Crippen molar-refractivity contribution in [1.29, 1.82) is 0 Å². The number of nitrogens with zero attached hydrogens (tertiary/aromatic N) is 1. The van der Waals surface area contributed by atoms with Gasteiger partial charge in [0.25, 0.3) is 5.91 Å². The highest BCUT2D eigenvalue weighted by atomic mass is 79.9. The molecule has 8 heteroatoms. The van der Waals surface area contributed by atoms with E-state index in [-0.39, 0.29) is 22.4 Å². The zero-order chi connectivity index (χ0) is 21.2. The number of carbonyl (C=O) groups is 1. The summed E-state index contributed by atoms with van der Waals surface area (Å²) in [6, 6.07) is 12.5. The van der Waals surface area contributed by atoms with Crippen LogP contribution in [0, 0.1) is 0 Å². The molecule has 156 valence electrons. The summed E-state index contributed by atoms with van der Waals surface area (Å²) in [6.45, 7) is 7.27. The SMILES string of the molecule is CCN(c1ccc(NC(=O)c2cc(S(=O)(=O)NC3CC3)ccc2Br)cc1)C(C)C. The van der Waals surface area contributed by atoms with Crippen molar-refractivity contribution < 1.29 is 13.2 Å². The molecule has 1 amide bonds. The van der Waals surface area contributed by atoms with Crippen LogP contribution in [0.1, 0.15) is 44.0 Å². The maximum absolute atomic E-state index is 12.8. The largest absolute Gasteiger partial charge is 0.369 e. The number of hydrogen-bond donors (Lipinski definition) is 2. The third-order valence-electron chi connectivity index (χ3n) is 4.81. The van der Waals surface area contributed by atoms with E-state index in [4.69, 9.17) is 0 Å². The molecule has 0 aromatic heterocycles. The zero-order valence-corrected chi connectivity index (χ0v) is 19.2. The van der Waals surface area contributed by atoms with Crippen LogP contribution < -0.4 is 14.9 Å². The molecule has 2 N–H and O–H groups in total. The fourth-order valence-electron chi connectivity index (χ4n) is 3.11. The quantitative estimate of drug-likeness (QED) is 0.588. The first kappa shape index (κ1) is 21.8. The van der Waals surface area contributed by atoms with Crippen LogP contribution in [0.5, 0.6) is 0 Å². The molecular weight excluding hydrogens is 454 g/mol. The van der Waals surface area contributed by atoms with Gasteiger partial charge in [-0.1, -0.05) is 0 Å². The molecule has 6 nitrogen and oxygen atoms in total. The van der Waals surface area contributed by atoms with Crippen molar-refractivity contribution in [2.24, 2.45) is 0 Å². The van der Waals surface area contributed by atoms with Crippen molar-refractivity contribution in [2.75, 3.05) is 16.8 Å². The van der Waals surface area contributed by atoms with Crippen LogP contribution in [0.25, 0.3) is 0 Å². The molecule has 1 fully saturated rings. The molecule has 1 aliphatic rings. The molecule has 0 heterocycles. The second kappa shape index (κ2) is 8.85. The van der Waals surface area contributed by atoms with Gasteiger partial charge < -0.3 is 10.2 Å². The number of nitrogens with one attached hydrogen (secondary N) is 2. The minimum atomic E-state index is -3.63. The lowest BCUT2D eigenvalue weighted by Gasteiger charge is -2.27. The van der Waals surface area contributed by atoms with Crippen molar-refractivity contribution in [2.45, 2.75) is 50.6 Å². The normalized spacial score (nSPS) is 14.1. The standard InChI is InChI=1S/C21H26BrN3O3S/c1-4-25(14(2)3)17-9-7-15(8-10-17)23-21(26)19-13-18(11-12-20(19)22)29(27,28)24-16-5-6-16/h7-14,16,24H,4-6H2,1-3H3,(H,23,26). The Balaban J connectivity index is 1.77. The molecule has 0 spiro atoms. The van der Waals surface area contributed by atoms with E-state index in [0.29, 0.717) is 16.2 Å². The molecule has 29 heavy (non-hydrogen) atoms. The van der Waals surface area contributed by atoms with Crippen LogP contribution in [0.4, 0.5) is 11.4 Å². The van der Waals surface area contributed by atoms with Gasteiger partial charge in [-0.15, -0.1) is 0 Å². The maximum atomic E-state index is 12.8. The summed E-state index contributed by atoms with van der Waals surface area (Å²) >= 11 is 3.35. The number of carbonyl (C=O) groups excluding carboxylic acids is 1. The van der Waals surface area contributed by atoms with E-state index in [1.165, 1.54) is 12.1 Å². The van der Waals surface area contributed by atoms with Crippen LogP contribution in [0.3, 0.4) is 0 Å². The lowest BCUT2D eigenvalue weighted by atomic mass is 10.2. The van der Waals surface area contributed by atoms with Crippen LogP contribution in [0.15, 0.2) is 51.8 Å². The predicted octanol–water partition coefficient (Wildman–Crippen LogP) is 4.38. The minimum absolute atomic E-state index is 0.00737. The highest BCUT2D eigenvalue weighted by Crippen LogP contribution is 2.26. The number of hydrogen-bond acceptors (Lipinski definition) is 4. The Hall–Kier alpha value is -1.90. The average molecular weight is 480 g/mol. The zero-order valence-electron chi connectivity index (χ0n) is 16.8. The smallest absolute Gasteiger partial charge is 0.256 e. The molecule has 0 bridgehead atoms. The van der Waals surface area contributed by atoms with Gasteiger partial charge in [-0.2, -0.15) is 0 Å². The van der Waals surface area contributed by atoms with E-state index in [1.807, 2.05) is 24.3 Å². The number of sulfonamides is 1. The Morgan fingerprint density at radius 1 is 1.17 bits per heavy atom. The predicted molar refractivity (Wildman–Crippen MR) is 120 cm³/mol. The molecule has 0 unspecified atom stereocenters. The molecule has 0 atom stereocenters. The molecule has 3 rings (SSSR count). The summed E-state index contributed by atoms with van der Waals surface area (Å²) in [5.41, 5.74) is 2.00. The molecule has 2 aromatic carbocycles. The van der Waals surface area contributed by atoms with Crippen molar-refractivity contribution in [3.63, 3.8) is 0 Å². The Kier molecular flexibility index (Phi) is 6.65. The minimum Gasteiger partial charge on any atom is -0.369 e. The maximum Gasteiger partial charge on any atom is 0.256 e. The van der Waals surface area contributed by atoms with Crippen LogP contribution in [-0.2, 0) is 10.0 Å². The van der Waals surface area contributed by atoms with Crippen molar-refractivity contribution in [3.05, 3.63) is 52.5 Å². The van der Waals surface area contributed by atoms with Gasteiger partial charge in [-0.05, 0) is 92.0 Å². The Morgan fingerprint density at radius 2 is 1.83 bits per heavy atom. The number of rotatable bonds is 8. The van der Waals surface area contributed by atoms with Gasteiger partial charge in [-0.3, -0.25) is 4.79 Å². The lowest BCUT2D eigenvalue weighted by molar-refractivity contribution is 0.102. The molecule has 0 saturated heterocycles.